The van der Waals surface area contributed by atoms with Crippen LogP contribution in [0.5, 0.6) is 5.75 Å². The average molecular weight is 297 g/mol. The normalized spacial score (nSPS) is 11.2. The fraction of sp³-hybridized carbons (Fsp3) is 0.400. The summed E-state index contributed by atoms with van der Waals surface area (Å²) in [5.41, 5.74) is -0.0107. The Labute approximate surface area is 110 Å². The van der Waals surface area contributed by atoms with Crippen LogP contribution in [0.25, 0.3) is 0 Å². The molecule has 0 aliphatic heterocycles. The van der Waals surface area contributed by atoms with Gasteiger partial charge in [-0.2, -0.15) is 0 Å². The van der Waals surface area contributed by atoms with Gasteiger partial charge in [-0.25, -0.2) is 0 Å². The lowest BCUT2D eigenvalue weighted by atomic mass is 10.9. The van der Waals surface area contributed by atoms with Gasteiger partial charge in [-0.15, -0.1) is 0 Å². The second-order valence-electron chi connectivity index (χ2n) is 3.13. The van der Waals surface area contributed by atoms with Gasteiger partial charge in [0.25, 0.3) is 5.69 Å². The molecule has 0 spiro atoms. The number of non-ortho nitro benzene ring substituents is 1. The standard InChI is InChI=1S/C10H14NO5PS/c1-3-14-17(18,15-4-2)16-10-7-5-9(6-8-10)11(12)13/h5-8H,3-4H2,1-2H3/i5+1,6+1,7+1,8+1,9+1,10+1. The Balaban J connectivity index is 2.81. The molecule has 8 heteroatoms. The van der Waals surface area contributed by atoms with E-state index in [1.165, 1.54) is 24.3 Å². The van der Waals surface area contributed by atoms with Gasteiger partial charge in [-0.05, 0) is 26.0 Å². The van der Waals surface area contributed by atoms with Crippen LogP contribution in [-0.2, 0) is 20.9 Å². The molecule has 0 amide bonds. The van der Waals surface area contributed by atoms with Crippen molar-refractivity contribution >= 4 is 24.2 Å². The first-order chi connectivity index (χ1) is 8.50. The quantitative estimate of drug-likeness (QED) is 0.437. The minimum atomic E-state index is -2.82. The largest absolute Gasteiger partial charge is 0.424 e. The highest BCUT2D eigenvalue weighted by atomic mass is 32.5. The summed E-state index contributed by atoms with van der Waals surface area (Å²) >= 11 is 5.18. The number of nitro benzene ring substituents is 1. The Kier molecular flexibility index (Phi) is 5.68. The molecule has 0 atom stereocenters. The highest BCUT2D eigenvalue weighted by Gasteiger charge is 2.21. The zero-order chi connectivity index (χ0) is 13.6. The van der Waals surface area contributed by atoms with Crippen molar-refractivity contribution in [2.75, 3.05) is 13.2 Å². The Bertz CT molecular complexity index is 440. The summed E-state index contributed by atoms with van der Waals surface area (Å²) in [5, 5.41) is 10.5. The predicted molar refractivity (Wildman–Crippen MR) is 71.3 cm³/mol. The van der Waals surface area contributed by atoms with Crippen molar-refractivity contribution in [3.05, 3.63) is 34.4 Å². The fourth-order valence-electron chi connectivity index (χ4n) is 1.16. The van der Waals surface area contributed by atoms with Crippen LogP contribution in [0, 0.1) is 10.1 Å². The number of benzene rings is 1. The van der Waals surface area contributed by atoms with Crippen molar-refractivity contribution < 1.29 is 18.5 Å². The van der Waals surface area contributed by atoms with Crippen LogP contribution in [-0.4, -0.2) is 18.1 Å². The zero-order valence-electron chi connectivity index (χ0n) is 10.1. The minimum absolute atomic E-state index is 0.0107. The van der Waals surface area contributed by atoms with Crippen molar-refractivity contribution in [2.45, 2.75) is 13.8 Å². The minimum Gasteiger partial charge on any atom is -0.424 e. The van der Waals surface area contributed by atoms with Crippen LogP contribution in [0.1, 0.15) is 13.8 Å². The summed E-state index contributed by atoms with van der Waals surface area (Å²) in [4.78, 5) is 10.0. The average Bonchev–Trinajstić information content (AvgIpc) is 2.30. The molecule has 0 radical (unpaired) electrons. The van der Waals surface area contributed by atoms with E-state index in [1.54, 1.807) is 13.8 Å². The molecule has 18 heavy (non-hydrogen) atoms. The summed E-state index contributed by atoms with van der Waals surface area (Å²) in [6.07, 6.45) is 0. The van der Waals surface area contributed by atoms with E-state index in [0.29, 0.717) is 19.0 Å². The number of rotatable bonds is 7. The van der Waals surface area contributed by atoms with Crippen molar-refractivity contribution in [3.63, 3.8) is 0 Å². The van der Waals surface area contributed by atoms with E-state index in [2.05, 4.69) is 0 Å². The summed E-state index contributed by atoms with van der Waals surface area (Å²) in [6.45, 7) is 1.52. The number of nitrogens with zero attached hydrogens (tertiary/aromatic N) is 1. The SMILES string of the molecule is CCOP(=S)(OCC)O[13c]1[13cH][13cH][13c]([N+](=O)[O-])[13cH][13cH]1. The van der Waals surface area contributed by atoms with E-state index < -0.39 is 11.6 Å². The van der Waals surface area contributed by atoms with Gasteiger partial charge in [0.1, 0.15) is 5.75 Å². The second kappa shape index (κ2) is 6.80. The number of hydrogen-bond acceptors (Lipinski definition) is 6. The molecule has 1 rings (SSSR count). The van der Waals surface area contributed by atoms with Crippen LogP contribution in [0.15, 0.2) is 24.3 Å². The maximum absolute atomic E-state index is 10.5. The lowest BCUT2D eigenvalue weighted by molar-refractivity contribution is -0.384. The molecule has 0 fully saturated rings. The molecule has 0 aromatic heterocycles. The van der Waals surface area contributed by atoms with Gasteiger partial charge < -0.3 is 4.52 Å². The van der Waals surface area contributed by atoms with Gasteiger partial charge in [-0.3, -0.25) is 19.2 Å². The van der Waals surface area contributed by atoms with E-state index in [-0.39, 0.29) is 5.69 Å². The van der Waals surface area contributed by atoms with Crippen LogP contribution < -0.4 is 4.52 Å². The Hall–Kier alpha value is -1.01. The monoisotopic (exact) mass is 297 g/mol. The first-order valence-electron chi connectivity index (χ1n) is 5.34. The van der Waals surface area contributed by atoms with E-state index in [0.717, 1.165) is 0 Å². The third-order valence-electron chi connectivity index (χ3n) is 1.84. The van der Waals surface area contributed by atoms with Crippen LogP contribution >= 0.6 is 6.72 Å². The zero-order valence-corrected chi connectivity index (χ0v) is 11.8. The van der Waals surface area contributed by atoms with Crippen molar-refractivity contribution in [2.24, 2.45) is 0 Å². The van der Waals surface area contributed by atoms with Crippen molar-refractivity contribution in [3.8, 4) is 5.75 Å². The predicted octanol–water partition coefficient (Wildman–Crippen LogP) is 3.27. The van der Waals surface area contributed by atoms with Crippen molar-refractivity contribution in [1.82, 2.24) is 0 Å². The second-order valence-corrected chi connectivity index (χ2v) is 6.06. The van der Waals surface area contributed by atoms with Crippen LogP contribution in [0.4, 0.5) is 5.69 Å². The highest BCUT2D eigenvalue weighted by Crippen LogP contribution is 2.49. The van der Waals surface area contributed by atoms with Gasteiger partial charge in [0, 0.05) is 23.9 Å². The molecule has 0 aliphatic carbocycles. The van der Waals surface area contributed by atoms with Crippen LogP contribution in [0.3, 0.4) is 0 Å². The molecule has 0 bridgehead atoms. The molecule has 1 aromatic rings. The van der Waals surface area contributed by atoms with Gasteiger partial charge in [0.05, 0.1) is 18.1 Å². The first kappa shape index (κ1) is 15.0. The van der Waals surface area contributed by atoms with E-state index in [9.17, 15) is 10.1 Å². The van der Waals surface area contributed by atoms with Crippen LogP contribution in [0.2, 0.25) is 0 Å². The lowest BCUT2D eigenvalue weighted by Crippen LogP contribution is -2.02. The van der Waals surface area contributed by atoms with E-state index >= 15 is 0 Å². The van der Waals surface area contributed by atoms with E-state index in [4.69, 9.17) is 25.4 Å². The van der Waals surface area contributed by atoms with Gasteiger partial charge in [0.2, 0.25) is 0 Å². The third-order valence-corrected chi connectivity index (χ3v) is 4.28. The molecule has 1 aromatic carbocycles. The smallest absolute Gasteiger partial charge is 0.380 e. The van der Waals surface area contributed by atoms with Gasteiger partial charge in [-0.1, -0.05) is 0 Å². The molecule has 0 saturated carbocycles. The summed E-state index contributed by atoms with van der Waals surface area (Å²) < 4.78 is 16.1. The number of hydrogen-bond donors (Lipinski definition) is 0. The Morgan fingerprint density at radius 2 is 1.72 bits per heavy atom. The molecule has 100 valence electrons. The molecule has 0 aliphatic rings. The maximum atomic E-state index is 10.5. The summed E-state index contributed by atoms with van der Waals surface area (Å²) in [5.74, 6) is 0.394. The van der Waals surface area contributed by atoms with Gasteiger partial charge in [0.15, 0.2) is 0 Å². The Morgan fingerprint density at radius 1 is 1.22 bits per heavy atom. The maximum Gasteiger partial charge on any atom is 0.380 e. The van der Waals surface area contributed by atoms with E-state index in [1.807, 2.05) is 0 Å². The molecule has 0 heterocycles. The lowest BCUT2D eigenvalue weighted by Gasteiger charge is -2.20. The van der Waals surface area contributed by atoms with Crippen molar-refractivity contribution in [1.29, 1.82) is 0 Å². The van der Waals surface area contributed by atoms with Gasteiger partial charge >= 0.3 is 6.72 Å². The number of nitro groups is 1. The molecule has 0 saturated heterocycles. The summed E-state index contributed by atoms with van der Waals surface area (Å²) in [6, 6.07) is 5.62. The molecule has 0 unspecified atom stereocenters. The fourth-order valence-corrected chi connectivity index (χ4v) is 3.25. The Morgan fingerprint density at radius 3 is 2.11 bits per heavy atom. The molecule has 6 nitrogen and oxygen atoms in total. The summed E-state index contributed by atoms with van der Waals surface area (Å²) in [7, 11) is 0. The molecular weight excluding hydrogens is 283 g/mol. The first-order valence-corrected chi connectivity index (χ1v) is 7.89. The molecular formula is C10H14NO5PS. The molecule has 0 N–H and O–H groups in total. The topological polar surface area (TPSA) is 70.8 Å². The third kappa shape index (κ3) is 4.34. The highest BCUT2D eigenvalue weighted by molar-refractivity contribution is 8.07.